The highest BCUT2D eigenvalue weighted by Crippen LogP contribution is 1.96. The molecule has 0 fully saturated rings. The largest absolute Gasteiger partial charge is 0.394 e. The number of hydrogen-bond donors (Lipinski definition) is 2. The lowest BCUT2D eigenvalue weighted by molar-refractivity contribution is 0.0436. The molecule has 0 saturated carbocycles. The van der Waals surface area contributed by atoms with Crippen LogP contribution in [0.2, 0.25) is 0 Å². The molecular weight excluding hydrogens is 240 g/mol. The van der Waals surface area contributed by atoms with Gasteiger partial charge in [0, 0.05) is 6.20 Å². The minimum atomic E-state index is -0.550. The lowest BCUT2D eigenvalue weighted by Crippen LogP contribution is -2.33. The predicted octanol–water partition coefficient (Wildman–Crippen LogP) is -0.572. The zero-order chi connectivity index (χ0) is 13.5. The van der Waals surface area contributed by atoms with E-state index in [1.807, 2.05) is 13.8 Å². The predicted molar refractivity (Wildman–Crippen MR) is 64.3 cm³/mol. The molecule has 0 atom stereocenters. The van der Waals surface area contributed by atoms with Crippen molar-refractivity contribution in [2.45, 2.75) is 33.3 Å². The topological polar surface area (TPSA) is 93.6 Å². The van der Waals surface area contributed by atoms with E-state index in [9.17, 15) is 9.59 Å². The van der Waals surface area contributed by atoms with Crippen molar-refractivity contribution in [3.63, 3.8) is 0 Å². The number of H-pyrrole nitrogens is 1. The van der Waals surface area contributed by atoms with Gasteiger partial charge in [0.15, 0.2) is 0 Å². The molecule has 7 heteroatoms. The van der Waals surface area contributed by atoms with Crippen molar-refractivity contribution in [2.24, 2.45) is 0 Å². The van der Waals surface area contributed by atoms with Crippen LogP contribution >= 0.6 is 0 Å². The summed E-state index contributed by atoms with van der Waals surface area (Å²) in [6.07, 6.45) is 1.40. The Balaban J connectivity index is 2.81. The fraction of sp³-hybridized carbons (Fsp3) is 0.636. The second-order valence-corrected chi connectivity index (χ2v) is 4.00. The van der Waals surface area contributed by atoms with E-state index in [1.54, 1.807) is 0 Å². The Morgan fingerprint density at radius 1 is 1.44 bits per heavy atom. The Hall–Kier alpha value is -1.44. The number of aliphatic hydroxyl groups is 1. The quantitative estimate of drug-likeness (QED) is 0.639. The molecule has 1 aromatic rings. The van der Waals surface area contributed by atoms with E-state index in [-0.39, 0.29) is 32.7 Å². The van der Waals surface area contributed by atoms with Crippen molar-refractivity contribution in [1.82, 2.24) is 9.55 Å². The van der Waals surface area contributed by atoms with E-state index < -0.39 is 11.2 Å². The van der Waals surface area contributed by atoms with Crippen molar-refractivity contribution in [2.75, 3.05) is 13.2 Å². The van der Waals surface area contributed by atoms with Gasteiger partial charge in [-0.2, -0.15) is 0 Å². The summed E-state index contributed by atoms with van der Waals surface area (Å²) in [6.45, 7) is 3.83. The summed E-state index contributed by atoms with van der Waals surface area (Å²) >= 11 is 0. The Morgan fingerprint density at radius 3 is 2.78 bits per heavy atom. The van der Waals surface area contributed by atoms with E-state index in [2.05, 4.69) is 4.98 Å². The maximum absolute atomic E-state index is 11.5. The first-order valence-electron chi connectivity index (χ1n) is 5.67. The van der Waals surface area contributed by atoms with Gasteiger partial charge in [-0.3, -0.25) is 14.3 Å². The molecule has 0 bridgehead atoms. The number of aliphatic hydroxyl groups excluding tert-OH is 1. The summed E-state index contributed by atoms with van der Waals surface area (Å²) in [7, 11) is 0. The van der Waals surface area contributed by atoms with E-state index in [1.165, 1.54) is 10.8 Å². The number of aromatic amines is 1. The maximum atomic E-state index is 11.5. The van der Waals surface area contributed by atoms with Crippen molar-refractivity contribution in [1.29, 1.82) is 0 Å². The first-order chi connectivity index (χ1) is 8.54. The average molecular weight is 258 g/mol. The summed E-state index contributed by atoms with van der Waals surface area (Å²) in [6, 6.07) is 0. The van der Waals surface area contributed by atoms with Gasteiger partial charge in [-0.1, -0.05) is 0 Å². The molecule has 1 rings (SSSR count). The fourth-order valence-electron chi connectivity index (χ4n) is 1.24. The number of rotatable bonds is 7. The molecular formula is C11H18N2O5. The molecule has 0 unspecified atom stereocenters. The Bertz CT molecular complexity index is 477. The minimum Gasteiger partial charge on any atom is -0.394 e. The number of nitrogens with zero attached hydrogens (tertiary/aromatic N) is 1. The average Bonchev–Trinajstić information content (AvgIpc) is 2.30. The highest BCUT2D eigenvalue weighted by molar-refractivity contribution is 5.02. The maximum Gasteiger partial charge on any atom is 0.330 e. The molecule has 2 N–H and O–H groups in total. The Kier molecular flexibility index (Phi) is 5.76. The molecule has 0 aliphatic carbocycles. The molecule has 0 amide bonds. The van der Waals surface area contributed by atoms with E-state index in [4.69, 9.17) is 14.6 Å². The third-order valence-electron chi connectivity index (χ3n) is 2.12. The number of aromatic nitrogens is 2. The number of hydrogen-bond acceptors (Lipinski definition) is 5. The third kappa shape index (κ3) is 4.44. The van der Waals surface area contributed by atoms with Crippen LogP contribution in [0.15, 0.2) is 15.8 Å². The van der Waals surface area contributed by atoms with Crippen LogP contribution in [0.3, 0.4) is 0 Å². The van der Waals surface area contributed by atoms with Gasteiger partial charge < -0.3 is 14.6 Å². The van der Waals surface area contributed by atoms with E-state index >= 15 is 0 Å². The van der Waals surface area contributed by atoms with Gasteiger partial charge in [0.25, 0.3) is 5.56 Å². The number of ether oxygens (including phenoxy) is 2. The molecule has 18 heavy (non-hydrogen) atoms. The van der Waals surface area contributed by atoms with Crippen LogP contribution in [0.1, 0.15) is 19.4 Å². The molecule has 7 nitrogen and oxygen atoms in total. The molecule has 1 heterocycles. The van der Waals surface area contributed by atoms with Gasteiger partial charge in [0.2, 0.25) is 0 Å². The molecule has 102 valence electrons. The van der Waals surface area contributed by atoms with Crippen LogP contribution in [0.25, 0.3) is 0 Å². The minimum absolute atomic E-state index is 0.00424. The zero-order valence-electron chi connectivity index (χ0n) is 10.5. The van der Waals surface area contributed by atoms with Crippen LogP contribution < -0.4 is 11.2 Å². The van der Waals surface area contributed by atoms with E-state index in [0.717, 1.165) is 0 Å². The van der Waals surface area contributed by atoms with Crippen LogP contribution in [0.5, 0.6) is 0 Å². The van der Waals surface area contributed by atoms with Gasteiger partial charge in [-0.15, -0.1) is 0 Å². The van der Waals surface area contributed by atoms with Crippen LogP contribution in [0.4, 0.5) is 0 Å². The van der Waals surface area contributed by atoms with Gasteiger partial charge in [-0.25, -0.2) is 4.79 Å². The summed E-state index contributed by atoms with van der Waals surface area (Å²) in [5.74, 6) is 0. The summed E-state index contributed by atoms with van der Waals surface area (Å²) < 4.78 is 11.6. The lowest BCUT2D eigenvalue weighted by atomic mass is 10.3. The second kappa shape index (κ2) is 7.10. The SMILES string of the molecule is CC(C)OCc1cn(COCCO)c(=O)[nH]c1=O. The summed E-state index contributed by atoms with van der Waals surface area (Å²) in [4.78, 5) is 25.1. The van der Waals surface area contributed by atoms with Gasteiger partial charge in [0.05, 0.1) is 31.5 Å². The lowest BCUT2D eigenvalue weighted by Gasteiger charge is -2.09. The zero-order valence-corrected chi connectivity index (χ0v) is 10.5. The van der Waals surface area contributed by atoms with Crippen LogP contribution in [-0.4, -0.2) is 34.0 Å². The summed E-state index contributed by atoms with van der Waals surface area (Å²) in [5.41, 5.74) is -0.652. The fourth-order valence-corrected chi connectivity index (χ4v) is 1.24. The second-order valence-electron chi connectivity index (χ2n) is 4.00. The first-order valence-corrected chi connectivity index (χ1v) is 5.67. The Morgan fingerprint density at radius 2 is 2.17 bits per heavy atom. The van der Waals surface area contributed by atoms with Crippen molar-refractivity contribution >= 4 is 0 Å². The molecule has 0 aliphatic rings. The van der Waals surface area contributed by atoms with Crippen molar-refractivity contribution in [3.8, 4) is 0 Å². The Labute approximate surface area is 104 Å². The van der Waals surface area contributed by atoms with Crippen molar-refractivity contribution < 1.29 is 14.6 Å². The summed E-state index contributed by atoms with van der Waals surface area (Å²) in [5, 5.41) is 8.57. The molecule has 0 saturated heterocycles. The standard InChI is InChI=1S/C11H18N2O5/c1-8(2)18-6-9-5-13(7-17-4-3-14)11(16)12-10(9)15/h5,8,14H,3-4,6-7H2,1-2H3,(H,12,15,16). The third-order valence-corrected chi connectivity index (χ3v) is 2.12. The highest BCUT2D eigenvalue weighted by Gasteiger charge is 2.06. The van der Waals surface area contributed by atoms with Crippen LogP contribution in [0, 0.1) is 0 Å². The molecule has 1 aromatic heterocycles. The van der Waals surface area contributed by atoms with Gasteiger partial charge >= 0.3 is 5.69 Å². The molecule has 0 spiro atoms. The molecule has 0 aliphatic heterocycles. The van der Waals surface area contributed by atoms with E-state index in [0.29, 0.717) is 5.56 Å². The number of nitrogens with one attached hydrogen (secondary N) is 1. The molecule has 0 aromatic carbocycles. The van der Waals surface area contributed by atoms with Gasteiger partial charge in [0.1, 0.15) is 6.73 Å². The van der Waals surface area contributed by atoms with Crippen LogP contribution in [-0.2, 0) is 22.8 Å². The normalized spacial score (nSPS) is 11.1. The highest BCUT2D eigenvalue weighted by atomic mass is 16.5. The van der Waals surface area contributed by atoms with Gasteiger partial charge in [-0.05, 0) is 13.8 Å². The smallest absolute Gasteiger partial charge is 0.330 e. The van der Waals surface area contributed by atoms with Crippen molar-refractivity contribution in [3.05, 3.63) is 32.6 Å². The first kappa shape index (κ1) is 14.6. The monoisotopic (exact) mass is 258 g/mol. The molecule has 0 radical (unpaired) electrons.